The molecule has 3 N–H and O–H groups in total. The zero-order chi connectivity index (χ0) is 22.3. The van der Waals surface area contributed by atoms with E-state index >= 15 is 0 Å². The molecule has 1 saturated heterocycles. The summed E-state index contributed by atoms with van der Waals surface area (Å²) in [5, 5.41) is 18.3. The zero-order valence-electron chi connectivity index (χ0n) is 18.8. The molecular weight excluding hydrogens is 418 g/mol. The van der Waals surface area contributed by atoms with Crippen LogP contribution in [0.5, 0.6) is 0 Å². The molecule has 0 saturated carbocycles. The maximum Gasteiger partial charge on any atom is 0.261 e. The van der Waals surface area contributed by atoms with Crippen molar-refractivity contribution in [1.82, 2.24) is 34.8 Å². The lowest BCUT2D eigenvalue weighted by molar-refractivity contribution is -0.119. The number of hydrogen-bond acceptors (Lipinski definition) is 10. The van der Waals surface area contributed by atoms with Crippen LogP contribution in [0, 0.1) is 0 Å². The molecule has 0 radical (unpaired) electrons. The van der Waals surface area contributed by atoms with E-state index in [1.807, 2.05) is 13.8 Å². The van der Waals surface area contributed by atoms with Gasteiger partial charge in [-0.3, -0.25) is 9.69 Å². The van der Waals surface area contributed by atoms with Gasteiger partial charge in [-0.2, -0.15) is 9.97 Å². The molecule has 172 valence electrons. The van der Waals surface area contributed by atoms with Gasteiger partial charge < -0.3 is 20.7 Å². The third-order valence-electron chi connectivity index (χ3n) is 5.45. The quantitative estimate of drug-likeness (QED) is 0.428. The topological polar surface area (TPSA) is 122 Å². The lowest BCUT2D eigenvalue weighted by Crippen LogP contribution is -2.57. The minimum atomic E-state index is -0.0829. The van der Waals surface area contributed by atoms with E-state index in [-0.39, 0.29) is 17.2 Å². The Labute approximate surface area is 187 Å². The molecule has 1 fully saturated rings. The summed E-state index contributed by atoms with van der Waals surface area (Å²) in [4.78, 5) is 23.9. The molecule has 2 aromatic heterocycles. The van der Waals surface area contributed by atoms with Gasteiger partial charge >= 0.3 is 0 Å². The largest absolute Gasteiger partial charge is 0.379 e. The summed E-state index contributed by atoms with van der Waals surface area (Å²) in [6, 6.07) is 0. The van der Waals surface area contributed by atoms with Gasteiger partial charge in [-0.25, -0.2) is 4.40 Å². The number of rotatable bonds is 11. The number of thioether (sulfide) groups is 1. The first kappa shape index (κ1) is 23.5. The molecule has 1 amide bonds. The highest BCUT2D eigenvalue weighted by Crippen LogP contribution is 2.22. The first-order valence-corrected chi connectivity index (χ1v) is 11.8. The van der Waals surface area contributed by atoms with Gasteiger partial charge in [0.25, 0.3) is 5.78 Å². The van der Waals surface area contributed by atoms with Crippen molar-refractivity contribution in [2.24, 2.45) is 0 Å². The fourth-order valence-electron chi connectivity index (χ4n) is 3.43. The molecule has 1 aliphatic rings. The third-order valence-corrected chi connectivity index (χ3v) is 6.38. The Morgan fingerprint density at radius 3 is 2.55 bits per heavy atom. The number of amides is 1. The van der Waals surface area contributed by atoms with Crippen LogP contribution in [-0.2, 0) is 9.53 Å². The van der Waals surface area contributed by atoms with Crippen LogP contribution >= 0.6 is 11.8 Å². The Morgan fingerprint density at radius 1 is 1.13 bits per heavy atom. The Hall–Kier alpha value is -2.18. The van der Waals surface area contributed by atoms with Gasteiger partial charge in [-0.05, 0) is 27.2 Å². The van der Waals surface area contributed by atoms with E-state index in [1.165, 1.54) is 11.8 Å². The molecule has 1 aliphatic heterocycles. The van der Waals surface area contributed by atoms with E-state index in [0.717, 1.165) is 32.7 Å². The Bertz CT molecular complexity index is 871. The first-order chi connectivity index (χ1) is 15.0. The number of anilines is 2. The summed E-state index contributed by atoms with van der Waals surface area (Å²) in [6.07, 6.45) is 0.951. The van der Waals surface area contributed by atoms with Crippen molar-refractivity contribution in [3.63, 3.8) is 0 Å². The minimum Gasteiger partial charge on any atom is -0.379 e. The van der Waals surface area contributed by atoms with Crippen LogP contribution in [-0.4, -0.2) is 92.6 Å². The van der Waals surface area contributed by atoms with Crippen LogP contribution in [0.4, 0.5) is 11.9 Å². The van der Waals surface area contributed by atoms with Crippen molar-refractivity contribution < 1.29 is 9.53 Å². The number of carbonyl (C=O) groups excluding carboxylic acids is 1. The molecule has 3 heterocycles. The Morgan fingerprint density at radius 2 is 1.87 bits per heavy atom. The minimum absolute atomic E-state index is 0.0372. The third kappa shape index (κ3) is 5.74. The number of nitrogens with zero attached hydrogens (tertiary/aromatic N) is 6. The number of aromatic nitrogens is 5. The smallest absolute Gasteiger partial charge is 0.261 e. The zero-order valence-corrected chi connectivity index (χ0v) is 19.6. The first-order valence-electron chi connectivity index (χ1n) is 10.8. The SMILES string of the molecule is CCNc1nc(NCC)n2c(SCC(=O)NC[C@@](C)(CC)N3CCOCC3)nnc2n1. The number of nitrogens with one attached hydrogen (secondary N) is 3. The van der Waals surface area contributed by atoms with Crippen molar-refractivity contribution in [2.75, 3.05) is 62.3 Å². The second-order valence-corrected chi connectivity index (χ2v) is 8.51. The van der Waals surface area contributed by atoms with E-state index in [1.54, 1.807) is 4.40 Å². The molecule has 0 unspecified atom stereocenters. The standard InChI is InChI=1S/C19H33N9O2S/c1-5-19(4,27-8-10-30-11-9-27)13-22-14(29)12-31-18-26-25-17-24-15(20-6-2)23-16(21-7-3)28(17)18/h5-13H2,1-4H3,(H,22,29)(H2,20,21,23,24,25)/t19-/m1/s1. The molecule has 0 aromatic carbocycles. The van der Waals surface area contributed by atoms with E-state index in [0.29, 0.717) is 42.5 Å². The highest BCUT2D eigenvalue weighted by molar-refractivity contribution is 7.99. The molecular formula is C19H33N9O2S. The lowest BCUT2D eigenvalue weighted by atomic mass is 9.95. The van der Waals surface area contributed by atoms with Crippen molar-refractivity contribution in [1.29, 1.82) is 0 Å². The maximum atomic E-state index is 12.6. The van der Waals surface area contributed by atoms with Gasteiger partial charge in [0, 0.05) is 38.3 Å². The molecule has 1 atom stereocenters. The summed E-state index contributed by atoms with van der Waals surface area (Å²) >= 11 is 1.32. The van der Waals surface area contributed by atoms with Gasteiger partial charge in [0.05, 0.1) is 19.0 Å². The van der Waals surface area contributed by atoms with Crippen molar-refractivity contribution in [2.45, 2.75) is 44.8 Å². The molecule has 12 heteroatoms. The number of carbonyl (C=O) groups is 1. The predicted molar refractivity (Wildman–Crippen MR) is 122 cm³/mol. The van der Waals surface area contributed by atoms with Crippen molar-refractivity contribution >= 4 is 35.3 Å². The van der Waals surface area contributed by atoms with Gasteiger partial charge in [-0.15, -0.1) is 10.2 Å². The number of ether oxygens (including phenoxy) is 1. The fourth-order valence-corrected chi connectivity index (χ4v) is 4.19. The second-order valence-electron chi connectivity index (χ2n) is 7.56. The second kappa shape index (κ2) is 10.9. The average Bonchev–Trinajstić information content (AvgIpc) is 3.20. The highest BCUT2D eigenvalue weighted by Gasteiger charge is 2.31. The summed E-state index contributed by atoms with van der Waals surface area (Å²) in [6.45, 7) is 13.6. The van der Waals surface area contributed by atoms with Gasteiger partial charge in [0.15, 0.2) is 5.16 Å². The molecule has 31 heavy (non-hydrogen) atoms. The van der Waals surface area contributed by atoms with E-state index in [2.05, 4.69) is 54.9 Å². The molecule has 2 aromatic rings. The monoisotopic (exact) mass is 451 g/mol. The summed E-state index contributed by atoms with van der Waals surface area (Å²) in [7, 11) is 0. The van der Waals surface area contributed by atoms with Crippen LogP contribution in [0.1, 0.15) is 34.1 Å². The van der Waals surface area contributed by atoms with E-state index in [4.69, 9.17) is 4.74 Å². The molecule has 3 rings (SSSR count). The van der Waals surface area contributed by atoms with Crippen LogP contribution < -0.4 is 16.0 Å². The van der Waals surface area contributed by atoms with Crippen molar-refractivity contribution in [3.05, 3.63) is 0 Å². The number of fused-ring (bicyclic) bond motifs is 1. The van der Waals surface area contributed by atoms with E-state index in [9.17, 15) is 4.79 Å². The van der Waals surface area contributed by atoms with Crippen molar-refractivity contribution in [3.8, 4) is 0 Å². The van der Waals surface area contributed by atoms with Gasteiger partial charge in [0.1, 0.15) is 0 Å². The van der Waals surface area contributed by atoms with Gasteiger partial charge in [0.2, 0.25) is 17.8 Å². The fraction of sp³-hybridized carbons (Fsp3) is 0.737. The number of hydrogen-bond donors (Lipinski definition) is 3. The predicted octanol–water partition coefficient (Wildman–Crippen LogP) is 1.09. The summed E-state index contributed by atoms with van der Waals surface area (Å²) in [5.41, 5.74) is -0.0829. The normalized spacial score (nSPS) is 16.8. The molecule has 0 aliphatic carbocycles. The highest BCUT2D eigenvalue weighted by atomic mass is 32.2. The maximum absolute atomic E-state index is 12.6. The lowest BCUT2D eigenvalue weighted by Gasteiger charge is -2.43. The Kier molecular flexibility index (Phi) is 8.27. The molecule has 11 nitrogen and oxygen atoms in total. The van der Waals surface area contributed by atoms with Crippen LogP contribution in [0.3, 0.4) is 0 Å². The van der Waals surface area contributed by atoms with Crippen LogP contribution in [0.2, 0.25) is 0 Å². The van der Waals surface area contributed by atoms with E-state index < -0.39 is 0 Å². The summed E-state index contributed by atoms with van der Waals surface area (Å²) < 4.78 is 7.20. The molecule has 0 bridgehead atoms. The number of morpholine rings is 1. The summed E-state index contributed by atoms with van der Waals surface area (Å²) in [5.74, 6) is 1.74. The van der Waals surface area contributed by atoms with Crippen LogP contribution in [0.15, 0.2) is 5.16 Å². The van der Waals surface area contributed by atoms with Crippen LogP contribution in [0.25, 0.3) is 5.78 Å². The van der Waals surface area contributed by atoms with Gasteiger partial charge in [-0.1, -0.05) is 18.7 Å². The average molecular weight is 452 g/mol. The molecule has 0 spiro atoms. The Balaban J connectivity index is 1.63.